The van der Waals surface area contributed by atoms with Crippen molar-refractivity contribution in [3.05, 3.63) is 65.2 Å². The van der Waals surface area contributed by atoms with Crippen LogP contribution < -0.4 is 4.74 Å². The topological polar surface area (TPSA) is 56.8 Å². The molecule has 2 aromatic rings. The van der Waals surface area contributed by atoms with Crippen LogP contribution in [-0.2, 0) is 6.42 Å². The monoisotopic (exact) mass is 276 g/mol. The maximum absolute atomic E-state index is 9.38. The molecule has 3 heteroatoms. The Morgan fingerprint density at radius 2 is 1.67 bits per heavy atom. The molecule has 1 unspecified atom stereocenters. The molecular weight excluding hydrogens is 260 g/mol. The van der Waals surface area contributed by atoms with Crippen LogP contribution in [0.1, 0.15) is 29.5 Å². The molecule has 21 heavy (non-hydrogen) atoms. The molecule has 0 radical (unpaired) electrons. The zero-order chi connectivity index (χ0) is 15.1. The number of rotatable bonds is 5. The van der Waals surface area contributed by atoms with Crippen molar-refractivity contribution in [3.8, 4) is 17.9 Å². The summed E-state index contributed by atoms with van der Waals surface area (Å²) in [6.45, 7) is 2.57. The summed E-state index contributed by atoms with van der Waals surface area (Å²) in [6, 6.07) is 19.4. The summed E-state index contributed by atoms with van der Waals surface area (Å²) in [4.78, 5) is 0. The first kappa shape index (κ1) is 14.6. The van der Waals surface area contributed by atoms with Gasteiger partial charge in [-0.3, -0.25) is 0 Å². The van der Waals surface area contributed by atoms with Crippen molar-refractivity contribution in [2.75, 3.05) is 6.61 Å². The van der Waals surface area contributed by atoms with E-state index in [1.54, 1.807) is 12.1 Å². The zero-order valence-electron chi connectivity index (χ0n) is 11.9. The lowest BCUT2D eigenvalue weighted by atomic mass is 9.93. The van der Waals surface area contributed by atoms with Gasteiger partial charge in [0.25, 0.3) is 0 Å². The Hall–Kier alpha value is -2.78. The van der Waals surface area contributed by atoms with E-state index in [0.717, 1.165) is 16.9 Å². The molecule has 0 aliphatic carbocycles. The summed E-state index contributed by atoms with van der Waals surface area (Å²) in [5.41, 5.74) is 2.66. The third-order valence-corrected chi connectivity index (χ3v) is 3.27. The van der Waals surface area contributed by atoms with E-state index in [-0.39, 0.29) is 5.92 Å². The van der Waals surface area contributed by atoms with Gasteiger partial charge in [0.1, 0.15) is 5.75 Å². The Labute approximate surface area is 125 Å². The summed E-state index contributed by atoms with van der Waals surface area (Å²) in [6.07, 6.45) is 0.635. The van der Waals surface area contributed by atoms with Crippen molar-refractivity contribution < 1.29 is 4.74 Å². The molecule has 0 saturated heterocycles. The van der Waals surface area contributed by atoms with Crippen molar-refractivity contribution in [2.24, 2.45) is 0 Å². The van der Waals surface area contributed by atoms with E-state index in [1.807, 2.05) is 43.3 Å². The smallest absolute Gasteiger partial charge is 0.119 e. The van der Waals surface area contributed by atoms with Crippen molar-refractivity contribution in [3.63, 3.8) is 0 Å². The minimum Gasteiger partial charge on any atom is -0.494 e. The fraction of sp³-hybridized carbons (Fsp3) is 0.222. The van der Waals surface area contributed by atoms with E-state index in [0.29, 0.717) is 18.6 Å². The second kappa shape index (κ2) is 7.12. The van der Waals surface area contributed by atoms with Crippen LogP contribution in [0.4, 0.5) is 0 Å². The summed E-state index contributed by atoms with van der Waals surface area (Å²) in [7, 11) is 0. The fourth-order valence-electron chi connectivity index (χ4n) is 2.15. The summed E-state index contributed by atoms with van der Waals surface area (Å²) in [5, 5.41) is 18.2. The quantitative estimate of drug-likeness (QED) is 0.834. The molecular formula is C18H16N2O. The molecule has 104 valence electrons. The number of ether oxygens (including phenoxy) is 1. The molecule has 0 aliphatic rings. The summed E-state index contributed by atoms with van der Waals surface area (Å²) >= 11 is 0. The van der Waals surface area contributed by atoms with Gasteiger partial charge in [-0.15, -0.1) is 0 Å². The molecule has 1 atom stereocenters. The van der Waals surface area contributed by atoms with Gasteiger partial charge >= 0.3 is 0 Å². The van der Waals surface area contributed by atoms with E-state index < -0.39 is 0 Å². The van der Waals surface area contributed by atoms with E-state index in [9.17, 15) is 5.26 Å². The molecule has 2 aromatic carbocycles. The lowest BCUT2D eigenvalue weighted by Crippen LogP contribution is -2.01. The summed E-state index contributed by atoms with van der Waals surface area (Å²) in [5.74, 6) is 0.616. The largest absolute Gasteiger partial charge is 0.494 e. The van der Waals surface area contributed by atoms with E-state index in [2.05, 4.69) is 12.1 Å². The van der Waals surface area contributed by atoms with Crippen LogP contribution in [0.15, 0.2) is 48.5 Å². The van der Waals surface area contributed by atoms with Gasteiger partial charge in [-0.25, -0.2) is 0 Å². The van der Waals surface area contributed by atoms with Crippen LogP contribution in [0.3, 0.4) is 0 Å². The Kier molecular flexibility index (Phi) is 4.96. The van der Waals surface area contributed by atoms with Crippen molar-refractivity contribution in [1.82, 2.24) is 0 Å². The first-order valence-corrected chi connectivity index (χ1v) is 6.88. The lowest BCUT2D eigenvalue weighted by Gasteiger charge is -2.11. The Morgan fingerprint density at radius 1 is 1.00 bits per heavy atom. The predicted molar refractivity (Wildman–Crippen MR) is 80.8 cm³/mol. The van der Waals surface area contributed by atoms with Gasteiger partial charge < -0.3 is 4.74 Å². The number of hydrogen-bond donors (Lipinski definition) is 0. The van der Waals surface area contributed by atoms with Crippen molar-refractivity contribution >= 4 is 0 Å². The first-order valence-electron chi connectivity index (χ1n) is 6.88. The van der Waals surface area contributed by atoms with E-state index in [1.165, 1.54) is 0 Å². The molecule has 0 fully saturated rings. The zero-order valence-corrected chi connectivity index (χ0v) is 11.9. The molecule has 0 aliphatic heterocycles. The molecule has 0 bridgehead atoms. The highest BCUT2D eigenvalue weighted by atomic mass is 16.5. The van der Waals surface area contributed by atoms with Gasteiger partial charge in [0.2, 0.25) is 0 Å². The maximum Gasteiger partial charge on any atom is 0.119 e. The van der Waals surface area contributed by atoms with Gasteiger partial charge in [0.05, 0.1) is 30.2 Å². The highest BCUT2D eigenvalue weighted by Gasteiger charge is 2.11. The third-order valence-electron chi connectivity index (χ3n) is 3.27. The van der Waals surface area contributed by atoms with Crippen LogP contribution in [0.2, 0.25) is 0 Å². The van der Waals surface area contributed by atoms with E-state index in [4.69, 9.17) is 10.00 Å². The van der Waals surface area contributed by atoms with Crippen LogP contribution in [0.25, 0.3) is 0 Å². The molecule has 0 aromatic heterocycles. The van der Waals surface area contributed by atoms with Gasteiger partial charge in [-0.1, -0.05) is 24.3 Å². The molecule has 0 amide bonds. The molecule has 0 spiro atoms. The van der Waals surface area contributed by atoms with Crippen LogP contribution in [0, 0.1) is 22.7 Å². The second-order valence-electron chi connectivity index (χ2n) is 4.70. The highest BCUT2D eigenvalue weighted by molar-refractivity contribution is 5.36. The SMILES string of the molecule is CCOc1ccc(C(C#N)Cc2ccc(C#N)cc2)cc1. The Morgan fingerprint density at radius 3 is 2.19 bits per heavy atom. The standard InChI is InChI=1S/C18H16N2O/c1-2-21-18-9-7-16(8-10-18)17(13-20)11-14-3-5-15(12-19)6-4-14/h3-10,17H,2,11H2,1H3. The number of nitriles is 2. The van der Waals surface area contributed by atoms with Crippen molar-refractivity contribution in [1.29, 1.82) is 10.5 Å². The second-order valence-corrected chi connectivity index (χ2v) is 4.70. The van der Waals surface area contributed by atoms with Gasteiger partial charge in [-0.05, 0) is 48.7 Å². The molecule has 3 nitrogen and oxygen atoms in total. The average molecular weight is 276 g/mol. The lowest BCUT2D eigenvalue weighted by molar-refractivity contribution is 0.340. The van der Waals surface area contributed by atoms with Crippen LogP contribution in [0.5, 0.6) is 5.75 Å². The number of nitrogens with zero attached hydrogens (tertiary/aromatic N) is 2. The highest BCUT2D eigenvalue weighted by Crippen LogP contribution is 2.23. The third kappa shape index (κ3) is 3.84. The number of benzene rings is 2. The summed E-state index contributed by atoms with van der Waals surface area (Å²) < 4.78 is 5.40. The number of hydrogen-bond acceptors (Lipinski definition) is 3. The Balaban J connectivity index is 2.12. The minimum absolute atomic E-state index is 0.200. The first-order chi connectivity index (χ1) is 10.3. The van der Waals surface area contributed by atoms with Gasteiger partial charge in [0.15, 0.2) is 0 Å². The molecule has 0 heterocycles. The van der Waals surface area contributed by atoms with Crippen molar-refractivity contribution in [2.45, 2.75) is 19.3 Å². The minimum atomic E-state index is -0.200. The molecule has 2 rings (SSSR count). The van der Waals surface area contributed by atoms with Gasteiger partial charge in [0, 0.05) is 0 Å². The average Bonchev–Trinajstić information content (AvgIpc) is 2.54. The van der Waals surface area contributed by atoms with E-state index >= 15 is 0 Å². The Bertz CT molecular complexity index is 660. The fourth-order valence-corrected chi connectivity index (χ4v) is 2.15. The van der Waals surface area contributed by atoms with Crippen LogP contribution in [-0.4, -0.2) is 6.61 Å². The normalized spacial score (nSPS) is 11.2. The maximum atomic E-state index is 9.38. The van der Waals surface area contributed by atoms with Crippen LogP contribution >= 0.6 is 0 Å². The molecule has 0 saturated carbocycles. The van der Waals surface area contributed by atoms with Gasteiger partial charge in [-0.2, -0.15) is 10.5 Å². The molecule has 0 N–H and O–H groups in total. The predicted octanol–water partition coefficient (Wildman–Crippen LogP) is 3.81.